The number of benzene rings is 1. The number of hydrogen-bond donors (Lipinski definition) is 1. The molecule has 1 aromatic rings. The van der Waals surface area contributed by atoms with Crippen LogP contribution in [-0.2, 0) is 4.74 Å². The fourth-order valence-corrected chi connectivity index (χ4v) is 1.86. The van der Waals surface area contributed by atoms with Crippen molar-refractivity contribution in [3.05, 3.63) is 23.8 Å². The number of Topliss-reactive ketones (excluding diaryl/α,β-unsaturated/α-hetero) is 1. The highest BCUT2D eigenvalue weighted by molar-refractivity contribution is 5.94. The van der Waals surface area contributed by atoms with Crippen LogP contribution in [0, 0.1) is 0 Å². The fraction of sp³-hybridized carbons (Fsp3) is 0.500. The van der Waals surface area contributed by atoms with Gasteiger partial charge in [-0.2, -0.15) is 0 Å². The maximum absolute atomic E-state index is 11.5. The predicted molar refractivity (Wildman–Crippen MR) is 80.6 cm³/mol. The Morgan fingerprint density at radius 3 is 2.64 bits per heavy atom. The molecule has 0 bridgehead atoms. The zero-order chi connectivity index (χ0) is 16.1. The van der Waals surface area contributed by atoms with Gasteiger partial charge in [-0.1, -0.05) is 0 Å². The summed E-state index contributed by atoms with van der Waals surface area (Å²) in [5.74, 6) is 0.936. The Labute approximate surface area is 129 Å². The molecule has 1 atom stereocenters. The van der Waals surface area contributed by atoms with Crippen molar-refractivity contribution in [3.8, 4) is 11.5 Å². The highest BCUT2D eigenvalue weighted by atomic mass is 16.6. The van der Waals surface area contributed by atoms with Crippen molar-refractivity contribution >= 4 is 11.9 Å². The Morgan fingerprint density at radius 2 is 2.05 bits per heavy atom. The van der Waals surface area contributed by atoms with Crippen LogP contribution in [0.15, 0.2) is 18.2 Å². The van der Waals surface area contributed by atoms with Crippen LogP contribution in [0.25, 0.3) is 0 Å². The summed E-state index contributed by atoms with van der Waals surface area (Å²) in [6, 6.07) is 5.24. The average Bonchev–Trinajstić information content (AvgIpc) is 3.28. The minimum atomic E-state index is -0.419. The van der Waals surface area contributed by atoms with Crippen LogP contribution in [0.5, 0.6) is 11.5 Å². The number of alkyl carbamates (subject to hydrolysis) is 1. The molecule has 1 aromatic carbocycles. The molecule has 120 valence electrons. The van der Waals surface area contributed by atoms with Gasteiger partial charge in [-0.05, 0) is 44.9 Å². The lowest BCUT2D eigenvalue weighted by atomic mass is 10.1. The third-order valence-electron chi connectivity index (χ3n) is 3.25. The molecule has 1 fully saturated rings. The second-order valence-electron chi connectivity index (χ2n) is 5.37. The van der Waals surface area contributed by atoms with Crippen molar-refractivity contribution in [1.82, 2.24) is 5.32 Å². The highest BCUT2D eigenvalue weighted by Crippen LogP contribution is 2.28. The topological polar surface area (TPSA) is 73.9 Å². The standard InChI is InChI=1S/C16H21NO5/c1-10(22-16(19)17-13-5-6-13)9-21-14-7-4-12(11(2)18)8-15(14)20-3/h4,7-8,10,13H,5-6,9H2,1-3H3,(H,17,19). The SMILES string of the molecule is COc1cc(C(C)=O)ccc1OCC(C)OC(=O)NC1CC1. The average molecular weight is 307 g/mol. The summed E-state index contributed by atoms with van der Waals surface area (Å²) in [7, 11) is 1.51. The predicted octanol–water partition coefficient (Wildman–Crippen LogP) is 2.55. The van der Waals surface area contributed by atoms with E-state index in [0.717, 1.165) is 12.8 Å². The van der Waals surface area contributed by atoms with E-state index in [2.05, 4.69) is 5.32 Å². The minimum Gasteiger partial charge on any atom is -0.493 e. The number of ketones is 1. The summed E-state index contributed by atoms with van der Waals surface area (Å²) in [5, 5.41) is 2.75. The van der Waals surface area contributed by atoms with Crippen molar-refractivity contribution in [2.24, 2.45) is 0 Å². The maximum Gasteiger partial charge on any atom is 0.407 e. The van der Waals surface area contributed by atoms with E-state index in [1.165, 1.54) is 14.0 Å². The smallest absolute Gasteiger partial charge is 0.407 e. The first kappa shape index (κ1) is 16.1. The number of ether oxygens (including phenoxy) is 3. The van der Waals surface area contributed by atoms with Gasteiger partial charge in [0.1, 0.15) is 12.7 Å². The molecule has 1 amide bonds. The first-order valence-electron chi connectivity index (χ1n) is 7.28. The Kier molecular flexibility index (Phi) is 5.25. The summed E-state index contributed by atoms with van der Waals surface area (Å²) in [5.41, 5.74) is 0.553. The summed E-state index contributed by atoms with van der Waals surface area (Å²) in [6.45, 7) is 3.44. The van der Waals surface area contributed by atoms with E-state index in [-0.39, 0.29) is 18.4 Å². The van der Waals surface area contributed by atoms with Crippen LogP contribution in [0.2, 0.25) is 0 Å². The maximum atomic E-state index is 11.5. The molecule has 1 aliphatic carbocycles. The number of carbonyl (C=O) groups is 2. The van der Waals surface area contributed by atoms with Crippen molar-refractivity contribution < 1.29 is 23.8 Å². The van der Waals surface area contributed by atoms with Crippen LogP contribution in [0.1, 0.15) is 37.0 Å². The normalized spacial score (nSPS) is 14.9. The number of nitrogens with one attached hydrogen (secondary N) is 1. The molecule has 6 heteroatoms. The van der Waals surface area contributed by atoms with Gasteiger partial charge in [0, 0.05) is 11.6 Å². The third-order valence-corrected chi connectivity index (χ3v) is 3.25. The van der Waals surface area contributed by atoms with Crippen LogP contribution in [0.3, 0.4) is 0 Å². The number of methoxy groups -OCH3 is 1. The molecule has 22 heavy (non-hydrogen) atoms. The van der Waals surface area contributed by atoms with E-state index in [4.69, 9.17) is 14.2 Å². The van der Waals surface area contributed by atoms with E-state index >= 15 is 0 Å². The van der Waals surface area contributed by atoms with E-state index < -0.39 is 12.2 Å². The van der Waals surface area contributed by atoms with Gasteiger partial charge in [0.15, 0.2) is 17.3 Å². The van der Waals surface area contributed by atoms with E-state index in [0.29, 0.717) is 17.1 Å². The lowest BCUT2D eigenvalue weighted by Crippen LogP contribution is -2.31. The number of carbonyl (C=O) groups excluding carboxylic acids is 2. The zero-order valence-corrected chi connectivity index (χ0v) is 13.0. The van der Waals surface area contributed by atoms with Gasteiger partial charge >= 0.3 is 6.09 Å². The Hall–Kier alpha value is -2.24. The zero-order valence-electron chi connectivity index (χ0n) is 13.0. The molecule has 6 nitrogen and oxygen atoms in total. The molecule has 1 N–H and O–H groups in total. The number of hydrogen-bond acceptors (Lipinski definition) is 5. The Balaban J connectivity index is 1.86. The van der Waals surface area contributed by atoms with Crippen LogP contribution < -0.4 is 14.8 Å². The summed E-state index contributed by atoms with van der Waals surface area (Å²) >= 11 is 0. The molecular formula is C16H21NO5. The number of rotatable bonds is 7. The highest BCUT2D eigenvalue weighted by Gasteiger charge is 2.24. The minimum absolute atomic E-state index is 0.0432. The van der Waals surface area contributed by atoms with Crippen LogP contribution >= 0.6 is 0 Å². The molecule has 1 unspecified atom stereocenters. The van der Waals surface area contributed by atoms with Gasteiger partial charge in [0.2, 0.25) is 0 Å². The monoisotopic (exact) mass is 307 g/mol. The van der Waals surface area contributed by atoms with E-state index in [1.54, 1.807) is 25.1 Å². The molecule has 0 heterocycles. The first-order chi connectivity index (χ1) is 10.5. The molecule has 0 saturated heterocycles. The lowest BCUT2D eigenvalue weighted by Gasteiger charge is -2.16. The van der Waals surface area contributed by atoms with Gasteiger partial charge in [-0.15, -0.1) is 0 Å². The Bertz CT molecular complexity index is 553. The number of amides is 1. The van der Waals surface area contributed by atoms with Crippen molar-refractivity contribution in [3.63, 3.8) is 0 Å². The van der Waals surface area contributed by atoms with Crippen molar-refractivity contribution in [1.29, 1.82) is 0 Å². The quantitative estimate of drug-likeness (QED) is 0.784. The summed E-state index contributed by atoms with van der Waals surface area (Å²) in [6.07, 6.45) is 1.22. The molecule has 1 saturated carbocycles. The van der Waals surface area contributed by atoms with E-state index in [9.17, 15) is 9.59 Å². The van der Waals surface area contributed by atoms with Gasteiger partial charge < -0.3 is 19.5 Å². The van der Waals surface area contributed by atoms with Gasteiger partial charge in [-0.25, -0.2) is 4.79 Å². The second kappa shape index (κ2) is 7.15. The first-order valence-corrected chi connectivity index (χ1v) is 7.28. The van der Waals surface area contributed by atoms with Gasteiger partial charge in [0.05, 0.1) is 7.11 Å². The lowest BCUT2D eigenvalue weighted by molar-refractivity contribution is 0.0742. The van der Waals surface area contributed by atoms with Gasteiger partial charge in [0.25, 0.3) is 0 Å². The van der Waals surface area contributed by atoms with Gasteiger partial charge in [-0.3, -0.25) is 4.79 Å². The second-order valence-corrected chi connectivity index (χ2v) is 5.37. The molecule has 0 spiro atoms. The summed E-state index contributed by atoms with van der Waals surface area (Å²) < 4.78 is 16.0. The van der Waals surface area contributed by atoms with Crippen LogP contribution in [-0.4, -0.2) is 37.7 Å². The van der Waals surface area contributed by atoms with E-state index in [1.807, 2.05) is 0 Å². The molecule has 2 rings (SSSR count). The molecular weight excluding hydrogens is 286 g/mol. The van der Waals surface area contributed by atoms with Crippen molar-refractivity contribution in [2.75, 3.05) is 13.7 Å². The molecule has 0 aliphatic heterocycles. The molecule has 0 aromatic heterocycles. The molecule has 0 radical (unpaired) electrons. The summed E-state index contributed by atoms with van der Waals surface area (Å²) in [4.78, 5) is 22.9. The van der Waals surface area contributed by atoms with Crippen LogP contribution in [0.4, 0.5) is 4.79 Å². The Morgan fingerprint density at radius 1 is 1.32 bits per heavy atom. The van der Waals surface area contributed by atoms with Crippen molar-refractivity contribution in [2.45, 2.75) is 38.8 Å². The largest absolute Gasteiger partial charge is 0.493 e. The fourth-order valence-electron chi connectivity index (χ4n) is 1.86. The third kappa shape index (κ3) is 4.65. The molecule has 1 aliphatic rings.